The molecular formula is C10H14F3N5O. The first-order valence-corrected chi connectivity index (χ1v) is 5.77. The number of hydrazine groups is 1. The summed E-state index contributed by atoms with van der Waals surface area (Å²) < 4.78 is 43.1. The highest BCUT2D eigenvalue weighted by molar-refractivity contribution is 5.47. The maximum absolute atomic E-state index is 12.6. The van der Waals surface area contributed by atoms with Crippen LogP contribution >= 0.6 is 0 Å². The van der Waals surface area contributed by atoms with Gasteiger partial charge in [-0.3, -0.25) is 0 Å². The summed E-state index contributed by atoms with van der Waals surface area (Å²) in [5, 5.41) is 2.80. The van der Waals surface area contributed by atoms with Gasteiger partial charge >= 0.3 is 6.18 Å². The Hall–Kier alpha value is -1.61. The average Bonchev–Trinajstić information content (AvgIpc) is 2.88. The van der Waals surface area contributed by atoms with Crippen molar-refractivity contribution in [1.29, 1.82) is 0 Å². The van der Waals surface area contributed by atoms with E-state index >= 15 is 0 Å². The van der Waals surface area contributed by atoms with Gasteiger partial charge in [0, 0.05) is 19.2 Å². The van der Waals surface area contributed by atoms with Crippen LogP contribution in [0.3, 0.4) is 0 Å². The van der Waals surface area contributed by atoms with Crippen molar-refractivity contribution in [3.63, 3.8) is 0 Å². The maximum atomic E-state index is 12.6. The molecule has 0 aromatic carbocycles. The van der Waals surface area contributed by atoms with Crippen LogP contribution in [0.5, 0.6) is 0 Å². The van der Waals surface area contributed by atoms with Gasteiger partial charge in [0.15, 0.2) is 0 Å². The number of anilines is 2. The molecule has 0 bridgehead atoms. The second-order valence-electron chi connectivity index (χ2n) is 4.12. The quantitative estimate of drug-likeness (QED) is 0.569. The monoisotopic (exact) mass is 277 g/mol. The molecule has 0 amide bonds. The van der Waals surface area contributed by atoms with Crippen molar-refractivity contribution in [3.05, 3.63) is 11.9 Å². The van der Waals surface area contributed by atoms with E-state index in [9.17, 15) is 13.2 Å². The van der Waals surface area contributed by atoms with Crippen LogP contribution in [0.4, 0.5) is 24.8 Å². The first kappa shape index (κ1) is 13.8. The van der Waals surface area contributed by atoms with Gasteiger partial charge in [-0.2, -0.15) is 13.2 Å². The molecule has 1 saturated heterocycles. The Bertz CT molecular complexity index is 434. The molecule has 4 N–H and O–H groups in total. The SMILES string of the molecule is NNc1cc(NCC2CCCO2)nc(C(F)(F)F)n1. The molecule has 1 fully saturated rings. The summed E-state index contributed by atoms with van der Waals surface area (Å²) in [6.45, 7) is 1.08. The van der Waals surface area contributed by atoms with Crippen LogP contribution in [0.25, 0.3) is 0 Å². The normalized spacial score (nSPS) is 19.5. The minimum absolute atomic E-state index is 0.00131. The molecule has 106 valence electrons. The van der Waals surface area contributed by atoms with Gasteiger partial charge in [-0.05, 0) is 12.8 Å². The third-order valence-electron chi connectivity index (χ3n) is 2.66. The molecule has 6 nitrogen and oxygen atoms in total. The van der Waals surface area contributed by atoms with E-state index in [1.54, 1.807) is 0 Å². The van der Waals surface area contributed by atoms with E-state index in [1.165, 1.54) is 6.07 Å². The molecule has 0 saturated carbocycles. The molecule has 1 aromatic heterocycles. The number of nitrogens with two attached hydrogens (primary N) is 1. The van der Waals surface area contributed by atoms with Gasteiger partial charge in [0.05, 0.1) is 6.10 Å². The largest absolute Gasteiger partial charge is 0.451 e. The van der Waals surface area contributed by atoms with E-state index in [4.69, 9.17) is 10.6 Å². The molecule has 0 spiro atoms. The maximum Gasteiger partial charge on any atom is 0.451 e. The van der Waals surface area contributed by atoms with Gasteiger partial charge in [-0.15, -0.1) is 0 Å². The highest BCUT2D eigenvalue weighted by Crippen LogP contribution is 2.28. The summed E-state index contributed by atoms with van der Waals surface area (Å²) in [6, 6.07) is 1.31. The van der Waals surface area contributed by atoms with Crippen molar-refractivity contribution in [1.82, 2.24) is 9.97 Å². The number of nitrogens with zero attached hydrogens (tertiary/aromatic N) is 2. The van der Waals surface area contributed by atoms with Crippen molar-refractivity contribution in [2.75, 3.05) is 23.9 Å². The zero-order chi connectivity index (χ0) is 13.9. The number of nitrogens with one attached hydrogen (secondary N) is 2. The summed E-state index contributed by atoms with van der Waals surface area (Å²) in [7, 11) is 0. The van der Waals surface area contributed by atoms with E-state index in [-0.39, 0.29) is 17.7 Å². The third kappa shape index (κ3) is 3.67. The smallest absolute Gasteiger partial charge is 0.376 e. The number of aromatic nitrogens is 2. The molecular weight excluding hydrogens is 263 g/mol. The number of hydrogen-bond acceptors (Lipinski definition) is 6. The lowest BCUT2D eigenvalue weighted by molar-refractivity contribution is -0.144. The van der Waals surface area contributed by atoms with Gasteiger partial charge in [-0.1, -0.05) is 0 Å². The fourth-order valence-corrected chi connectivity index (χ4v) is 1.76. The standard InChI is InChI=1S/C10H14F3N5O/c11-10(12,13)9-16-7(4-8(17-9)18-14)15-5-6-2-1-3-19-6/h4,6H,1-3,5,14H2,(H2,15,16,17,18). The Labute approximate surface area is 107 Å². The Balaban J connectivity index is 2.10. The number of nitrogen functional groups attached to an aromatic ring is 1. The van der Waals surface area contributed by atoms with Gasteiger partial charge in [-0.25, -0.2) is 15.8 Å². The van der Waals surface area contributed by atoms with E-state index < -0.39 is 12.0 Å². The van der Waals surface area contributed by atoms with Gasteiger partial charge in [0.2, 0.25) is 5.82 Å². The lowest BCUT2D eigenvalue weighted by atomic mass is 10.2. The van der Waals surface area contributed by atoms with E-state index in [2.05, 4.69) is 20.7 Å². The van der Waals surface area contributed by atoms with Crippen LogP contribution in [0.2, 0.25) is 0 Å². The number of ether oxygens (including phenoxy) is 1. The van der Waals surface area contributed by atoms with Gasteiger partial charge < -0.3 is 15.5 Å². The molecule has 1 aliphatic rings. The Morgan fingerprint density at radius 2 is 2.11 bits per heavy atom. The molecule has 19 heavy (non-hydrogen) atoms. The van der Waals surface area contributed by atoms with Crippen molar-refractivity contribution < 1.29 is 17.9 Å². The molecule has 9 heteroatoms. The number of hydrogen-bond donors (Lipinski definition) is 3. The average molecular weight is 277 g/mol. The zero-order valence-corrected chi connectivity index (χ0v) is 10.00. The summed E-state index contributed by atoms with van der Waals surface area (Å²) in [5.41, 5.74) is 2.09. The highest BCUT2D eigenvalue weighted by atomic mass is 19.4. The lowest BCUT2D eigenvalue weighted by Crippen LogP contribution is -2.21. The summed E-state index contributed by atoms with van der Waals surface area (Å²) in [4.78, 5) is 6.67. The summed E-state index contributed by atoms with van der Waals surface area (Å²) in [5.74, 6) is 3.81. The fraction of sp³-hybridized carbons (Fsp3) is 0.600. The molecule has 2 heterocycles. The predicted octanol–water partition coefficient (Wildman–Crippen LogP) is 1.37. The first-order chi connectivity index (χ1) is 8.99. The molecule has 1 atom stereocenters. The summed E-state index contributed by atoms with van der Waals surface area (Å²) >= 11 is 0. The first-order valence-electron chi connectivity index (χ1n) is 5.77. The Morgan fingerprint density at radius 3 is 2.68 bits per heavy atom. The van der Waals surface area contributed by atoms with E-state index in [0.717, 1.165) is 12.8 Å². The van der Waals surface area contributed by atoms with Crippen molar-refractivity contribution in [3.8, 4) is 0 Å². The summed E-state index contributed by atoms with van der Waals surface area (Å²) in [6.07, 6.45) is -2.78. The topological polar surface area (TPSA) is 85.1 Å². The highest BCUT2D eigenvalue weighted by Gasteiger charge is 2.35. The lowest BCUT2D eigenvalue weighted by Gasteiger charge is -2.13. The third-order valence-corrected chi connectivity index (χ3v) is 2.66. The second kappa shape index (κ2) is 5.57. The van der Waals surface area contributed by atoms with Crippen LogP contribution in [-0.2, 0) is 10.9 Å². The van der Waals surface area contributed by atoms with Gasteiger partial charge in [0.25, 0.3) is 0 Å². The van der Waals surface area contributed by atoms with Crippen molar-refractivity contribution in [2.24, 2.45) is 5.84 Å². The minimum atomic E-state index is -4.62. The predicted molar refractivity (Wildman–Crippen MR) is 62.3 cm³/mol. The molecule has 0 radical (unpaired) electrons. The van der Waals surface area contributed by atoms with Crippen LogP contribution in [0.1, 0.15) is 18.7 Å². The Kier molecular flexibility index (Phi) is 4.05. The van der Waals surface area contributed by atoms with E-state index in [0.29, 0.717) is 13.2 Å². The fourth-order valence-electron chi connectivity index (χ4n) is 1.76. The molecule has 0 aliphatic carbocycles. The van der Waals surface area contributed by atoms with Crippen molar-refractivity contribution in [2.45, 2.75) is 25.1 Å². The molecule has 1 unspecified atom stereocenters. The number of alkyl halides is 3. The molecule has 1 aliphatic heterocycles. The van der Waals surface area contributed by atoms with Crippen LogP contribution in [-0.4, -0.2) is 29.2 Å². The van der Waals surface area contributed by atoms with Gasteiger partial charge in [0.1, 0.15) is 11.6 Å². The van der Waals surface area contributed by atoms with Crippen LogP contribution in [0.15, 0.2) is 6.07 Å². The Morgan fingerprint density at radius 1 is 1.37 bits per heavy atom. The van der Waals surface area contributed by atoms with Crippen molar-refractivity contribution >= 4 is 11.6 Å². The number of halogens is 3. The molecule has 2 rings (SSSR count). The minimum Gasteiger partial charge on any atom is -0.376 e. The molecule has 1 aromatic rings. The zero-order valence-electron chi connectivity index (χ0n) is 10.00. The number of rotatable bonds is 4. The second-order valence-corrected chi connectivity index (χ2v) is 4.12. The van der Waals surface area contributed by atoms with Crippen LogP contribution in [0, 0.1) is 0 Å². The van der Waals surface area contributed by atoms with E-state index in [1.807, 2.05) is 0 Å². The van der Waals surface area contributed by atoms with Crippen LogP contribution < -0.4 is 16.6 Å².